The van der Waals surface area contributed by atoms with Crippen molar-refractivity contribution in [2.45, 2.75) is 30.1 Å². The molecular weight excluding hydrogens is 274 g/mol. The first-order valence-corrected chi connectivity index (χ1v) is 7.53. The van der Waals surface area contributed by atoms with Crippen molar-refractivity contribution in [2.75, 3.05) is 6.54 Å². The number of halogens is 1. The average Bonchev–Trinajstić information content (AvgIpc) is 2.36. The van der Waals surface area contributed by atoms with Crippen molar-refractivity contribution in [3.63, 3.8) is 0 Å². The van der Waals surface area contributed by atoms with Crippen LogP contribution in [0.3, 0.4) is 0 Å². The Morgan fingerprint density at radius 1 is 1.11 bits per heavy atom. The van der Waals surface area contributed by atoms with Crippen LogP contribution in [0.1, 0.15) is 16.7 Å². The molecule has 0 atom stereocenters. The Bertz CT molecular complexity index is 581. The number of benzene rings is 2. The van der Waals surface area contributed by atoms with Crippen LogP contribution in [0.4, 0.5) is 0 Å². The van der Waals surface area contributed by atoms with Gasteiger partial charge in [0.2, 0.25) is 0 Å². The summed E-state index contributed by atoms with van der Waals surface area (Å²) < 4.78 is 0. The van der Waals surface area contributed by atoms with E-state index in [0.717, 1.165) is 21.9 Å². The zero-order valence-electron chi connectivity index (χ0n) is 11.2. The highest BCUT2D eigenvalue weighted by atomic mass is 35.5. The van der Waals surface area contributed by atoms with Gasteiger partial charge in [-0.2, -0.15) is 0 Å². The Morgan fingerprint density at radius 2 is 1.89 bits per heavy atom. The summed E-state index contributed by atoms with van der Waals surface area (Å²) in [5.74, 6) is 0. The largest absolute Gasteiger partial charge is 0.330 e. The van der Waals surface area contributed by atoms with E-state index in [0.29, 0.717) is 6.54 Å². The zero-order chi connectivity index (χ0) is 13.8. The first-order chi connectivity index (χ1) is 9.10. The molecule has 2 aromatic rings. The highest BCUT2D eigenvalue weighted by Gasteiger charge is 2.05. The second-order valence-electron chi connectivity index (χ2n) is 4.66. The van der Waals surface area contributed by atoms with Crippen LogP contribution in [0, 0.1) is 13.8 Å². The quantitative estimate of drug-likeness (QED) is 0.890. The Balaban J connectivity index is 2.21. The monoisotopic (exact) mass is 291 g/mol. The highest BCUT2D eigenvalue weighted by Crippen LogP contribution is 2.33. The molecule has 0 saturated heterocycles. The molecule has 0 fully saturated rings. The van der Waals surface area contributed by atoms with Gasteiger partial charge in [-0.3, -0.25) is 0 Å². The van der Waals surface area contributed by atoms with Crippen LogP contribution < -0.4 is 5.73 Å². The molecule has 0 bridgehead atoms. The molecule has 0 spiro atoms. The predicted molar refractivity (Wildman–Crippen MR) is 84.2 cm³/mol. The lowest BCUT2D eigenvalue weighted by Crippen LogP contribution is -2.02. The van der Waals surface area contributed by atoms with Crippen LogP contribution in [-0.2, 0) is 6.42 Å². The van der Waals surface area contributed by atoms with Gasteiger partial charge in [0.15, 0.2) is 0 Å². The summed E-state index contributed by atoms with van der Waals surface area (Å²) in [4.78, 5) is 2.44. The lowest BCUT2D eigenvalue weighted by atomic mass is 10.1. The Morgan fingerprint density at radius 3 is 2.53 bits per heavy atom. The molecule has 0 radical (unpaired) electrons. The predicted octanol–water partition coefficient (Wildman–Crippen LogP) is 4.61. The van der Waals surface area contributed by atoms with Crippen LogP contribution in [0.2, 0.25) is 5.02 Å². The molecule has 0 amide bonds. The van der Waals surface area contributed by atoms with E-state index < -0.39 is 0 Å². The van der Waals surface area contributed by atoms with Gasteiger partial charge in [-0.1, -0.05) is 47.1 Å². The summed E-state index contributed by atoms with van der Waals surface area (Å²) in [5.41, 5.74) is 9.27. The van der Waals surface area contributed by atoms with E-state index in [-0.39, 0.29) is 0 Å². The minimum absolute atomic E-state index is 0.628. The van der Waals surface area contributed by atoms with E-state index >= 15 is 0 Å². The summed E-state index contributed by atoms with van der Waals surface area (Å²) in [5, 5.41) is 0.806. The third kappa shape index (κ3) is 3.75. The molecule has 2 N–H and O–H groups in total. The van der Waals surface area contributed by atoms with Gasteiger partial charge in [0.25, 0.3) is 0 Å². The molecule has 0 aliphatic carbocycles. The summed E-state index contributed by atoms with van der Waals surface area (Å²) in [6.07, 6.45) is 0.827. The van der Waals surface area contributed by atoms with Crippen molar-refractivity contribution >= 4 is 23.4 Å². The van der Waals surface area contributed by atoms with Gasteiger partial charge in [-0.05, 0) is 56.1 Å². The van der Waals surface area contributed by atoms with Crippen molar-refractivity contribution in [1.82, 2.24) is 0 Å². The van der Waals surface area contributed by atoms with Gasteiger partial charge < -0.3 is 5.73 Å². The fraction of sp³-hybridized carbons (Fsp3) is 0.250. The van der Waals surface area contributed by atoms with Crippen molar-refractivity contribution in [3.05, 3.63) is 58.1 Å². The van der Waals surface area contributed by atoms with E-state index in [1.807, 2.05) is 6.07 Å². The summed E-state index contributed by atoms with van der Waals surface area (Å²) >= 11 is 8.02. The van der Waals surface area contributed by atoms with E-state index in [9.17, 15) is 0 Å². The molecule has 3 heteroatoms. The third-order valence-electron chi connectivity index (χ3n) is 3.00. The Kier molecular flexibility index (Phi) is 4.92. The molecule has 0 aromatic heterocycles. The Hall–Kier alpha value is -0.960. The van der Waals surface area contributed by atoms with Gasteiger partial charge in [0.05, 0.1) is 0 Å². The third-order valence-corrected chi connectivity index (χ3v) is 4.52. The van der Waals surface area contributed by atoms with E-state index in [1.165, 1.54) is 16.0 Å². The number of hydrogen-bond acceptors (Lipinski definition) is 2. The van der Waals surface area contributed by atoms with Crippen molar-refractivity contribution < 1.29 is 0 Å². The van der Waals surface area contributed by atoms with Crippen molar-refractivity contribution in [3.8, 4) is 0 Å². The van der Waals surface area contributed by atoms with Crippen molar-refractivity contribution in [2.24, 2.45) is 5.73 Å². The van der Waals surface area contributed by atoms with Gasteiger partial charge in [-0.25, -0.2) is 0 Å². The fourth-order valence-electron chi connectivity index (χ4n) is 1.99. The first-order valence-electron chi connectivity index (χ1n) is 6.34. The minimum Gasteiger partial charge on any atom is -0.330 e. The molecule has 0 saturated carbocycles. The SMILES string of the molecule is Cc1ccc(Sc2ccc(CCN)c(Cl)c2)c(C)c1. The second-order valence-corrected chi connectivity index (χ2v) is 6.19. The molecule has 0 unspecified atom stereocenters. The van der Waals surface area contributed by atoms with Gasteiger partial charge >= 0.3 is 0 Å². The summed E-state index contributed by atoms with van der Waals surface area (Å²) in [6, 6.07) is 12.7. The molecular formula is C16H18ClNS. The second kappa shape index (κ2) is 6.47. The van der Waals surface area contributed by atoms with Crippen LogP contribution >= 0.6 is 23.4 Å². The Labute approximate surface area is 124 Å². The molecule has 19 heavy (non-hydrogen) atoms. The smallest absolute Gasteiger partial charge is 0.0449 e. The molecule has 2 aromatic carbocycles. The van der Waals surface area contributed by atoms with Crippen LogP contribution in [0.5, 0.6) is 0 Å². The maximum absolute atomic E-state index is 6.27. The number of rotatable bonds is 4. The standard InChI is InChI=1S/C16H18ClNS/c1-11-3-6-16(12(2)9-11)19-14-5-4-13(7-8-18)15(17)10-14/h3-6,9-10H,7-8,18H2,1-2H3. The lowest BCUT2D eigenvalue weighted by molar-refractivity contribution is 0.967. The van der Waals surface area contributed by atoms with Gasteiger partial charge in [0, 0.05) is 14.8 Å². The van der Waals surface area contributed by atoms with Crippen molar-refractivity contribution in [1.29, 1.82) is 0 Å². The van der Waals surface area contributed by atoms with Gasteiger partial charge in [0.1, 0.15) is 0 Å². The number of nitrogens with two attached hydrogens (primary N) is 1. The van der Waals surface area contributed by atoms with Gasteiger partial charge in [-0.15, -0.1) is 0 Å². The normalized spacial score (nSPS) is 10.7. The lowest BCUT2D eigenvalue weighted by Gasteiger charge is -2.09. The molecule has 0 heterocycles. The van der Waals surface area contributed by atoms with E-state index in [4.69, 9.17) is 17.3 Å². The topological polar surface area (TPSA) is 26.0 Å². The summed E-state index contributed by atoms with van der Waals surface area (Å²) in [7, 11) is 0. The molecule has 100 valence electrons. The van der Waals surface area contributed by atoms with Crippen LogP contribution in [-0.4, -0.2) is 6.54 Å². The zero-order valence-corrected chi connectivity index (χ0v) is 12.8. The van der Waals surface area contributed by atoms with E-state index in [1.54, 1.807) is 11.8 Å². The molecule has 1 nitrogen and oxygen atoms in total. The molecule has 0 aliphatic rings. The average molecular weight is 292 g/mol. The maximum atomic E-state index is 6.27. The number of aryl methyl sites for hydroxylation is 2. The van der Waals surface area contributed by atoms with Crippen LogP contribution in [0.15, 0.2) is 46.2 Å². The minimum atomic E-state index is 0.628. The molecule has 0 aliphatic heterocycles. The van der Waals surface area contributed by atoms with Crippen LogP contribution in [0.25, 0.3) is 0 Å². The van der Waals surface area contributed by atoms with E-state index in [2.05, 4.69) is 44.2 Å². The number of hydrogen-bond donors (Lipinski definition) is 1. The first kappa shape index (κ1) is 14.4. The molecule has 2 rings (SSSR count). The highest BCUT2D eigenvalue weighted by molar-refractivity contribution is 7.99. The fourth-order valence-corrected chi connectivity index (χ4v) is 3.25. The summed E-state index contributed by atoms with van der Waals surface area (Å²) in [6.45, 7) is 4.88. The maximum Gasteiger partial charge on any atom is 0.0449 e.